The van der Waals surface area contributed by atoms with E-state index in [1.165, 1.54) is 0 Å². The Morgan fingerprint density at radius 2 is 1.91 bits per heavy atom. The highest BCUT2D eigenvalue weighted by atomic mass is 16.2. The van der Waals surface area contributed by atoms with Crippen LogP contribution in [0, 0.1) is 18.3 Å². The zero-order valence-corrected chi connectivity index (χ0v) is 14.7. The van der Waals surface area contributed by atoms with E-state index in [9.17, 15) is 4.79 Å². The summed E-state index contributed by atoms with van der Waals surface area (Å²) in [5.41, 5.74) is 0.543. The largest absolute Gasteiger partial charge is 0.352 e. The second-order valence-electron chi connectivity index (χ2n) is 5.42. The Kier molecular flexibility index (Phi) is 8.10. The molecule has 1 unspecified atom stereocenters. The van der Waals surface area contributed by atoms with E-state index in [0.29, 0.717) is 5.69 Å². The maximum atomic E-state index is 12.3. The number of carbonyl (C=O) groups excluding carboxylic acids is 1. The van der Waals surface area contributed by atoms with E-state index in [0.717, 1.165) is 44.8 Å². The van der Waals surface area contributed by atoms with Gasteiger partial charge in [0.25, 0.3) is 0 Å². The van der Waals surface area contributed by atoms with Gasteiger partial charge in [0.05, 0.1) is 0 Å². The maximum absolute atomic E-state index is 12.3. The molecule has 1 aliphatic heterocycles. The summed E-state index contributed by atoms with van der Waals surface area (Å²) in [5.74, 6) is 3.67. The molecule has 0 radical (unpaired) electrons. The SMILES string of the molecule is C#Cc1ccc(N2CCN(C(=O)C(C)CCC)CC2)nn1.CC. The Labute approximate surface area is 140 Å². The molecule has 0 spiro atoms. The van der Waals surface area contributed by atoms with Gasteiger partial charge in [0.15, 0.2) is 5.82 Å². The van der Waals surface area contributed by atoms with Gasteiger partial charge in [-0.2, -0.15) is 0 Å². The van der Waals surface area contributed by atoms with Gasteiger partial charge in [0.2, 0.25) is 5.91 Å². The van der Waals surface area contributed by atoms with E-state index in [2.05, 4.69) is 27.9 Å². The number of aromatic nitrogens is 2. The minimum absolute atomic E-state index is 0.122. The van der Waals surface area contributed by atoms with Crippen molar-refractivity contribution < 1.29 is 4.79 Å². The quantitative estimate of drug-likeness (QED) is 0.801. The lowest BCUT2D eigenvalue weighted by Gasteiger charge is -2.36. The van der Waals surface area contributed by atoms with Gasteiger partial charge < -0.3 is 9.80 Å². The van der Waals surface area contributed by atoms with E-state index in [4.69, 9.17) is 6.42 Å². The molecule has 1 aromatic rings. The Balaban J connectivity index is 0.00000127. The first-order valence-corrected chi connectivity index (χ1v) is 8.49. The van der Waals surface area contributed by atoms with Crippen LogP contribution in [0.15, 0.2) is 12.1 Å². The van der Waals surface area contributed by atoms with Gasteiger partial charge in [0, 0.05) is 32.1 Å². The van der Waals surface area contributed by atoms with Crippen molar-refractivity contribution in [1.82, 2.24) is 15.1 Å². The lowest BCUT2D eigenvalue weighted by molar-refractivity contribution is -0.135. The fourth-order valence-corrected chi connectivity index (χ4v) is 2.59. The molecule has 23 heavy (non-hydrogen) atoms. The molecule has 2 heterocycles. The fraction of sp³-hybridized carbons (Fsp3) is 0.611. The molecule has 5 heteroatoms. The third-order valence-corrected chi connectivity index (χ3v) is 3.86. The third kappa shape index (κ3) is 5.24. The summed E-state index contributed by atoms with van der Waals surface area (Å²) in [7, 11) is 0. The smallest absolute Gasteiger partial charge is 0.225 e. The second kappa shape index (κ2) is 9.83. The first-order valence-electron chi connectivity index (χ1n) is 8.49. The number of piperazine rings is 1. The van der Waals surface area contributed by atoms with E-state index in [-0.39, 0.29) is 11.8 Å². The van der Waals surface area contributed by atoms with E-state index in [1.807, 2.05) is 31.7 Å². The number of hydrogen-bond donors (Lipinski definition) is 0. The van der Waals surface area contributed by atoms with Crippen molar-refractivity contribution in [3.05, 3.63) is 17.8 Å². The molecular weight excluding hydrogens is 288 g/mol. The second-order valence-corrected chi connectivity index (χ2v) is 5.42. The molecule has 0 bridgehead atoms. The van der Waals surface area contributed by atoms with Gasteiger partial charge >= 0.3 is 0 Å². The van der Waals surface area contributed by atoms with Crippen LogP contribution in [0.1, 0.15) is 46.2 Å². The third-order valence-electron chi connectivity index (χ3n) is 3.86. The van der Waals surface area contributed by atoms with Crippen LogP contribution in [0.25, 0.3) is 0 Å². The summed E-state index contributed by atoms with van der Waals surface area (Å²) in [5, 5.41) is 8.11. The van der Waals surface area contributed by atoms with Crippen molar-refractivity contribution in [2.24, 2.45) is 5.92 Å². The monoisotopic (exact) mass is 316 g/mol. The van der Waals surface area contributed by atoms with Crippen LogP contribution >= 0.6 is 0 Å². The van der Waals surface area contributed by atoms with Gasteiger partial charge in [-0.25, -0.2) is 0 Å². The van der Waals surface area contributed by atoms with Crippen LogP contribution in [-0.2, 0) is 4.79 Å². The van der Waals surface area contributed by atoms with Crippen LogP contribution in [-0.4, -0.2) is 47.2 Å². The summed E-state index contributed by atoms with van der Waals surface area (Å²) in [6, 6.07) is 3.68. The molecule has 5 nitrogen and oxygen atoms in total. The fourth-order valence-electron chi connectivity index (χ4n) is 2.59. The normalized spacial score (nSPS) is 15.3. The Hall–Kier alpha value is -2.09. The van der Waals surface area contributed by atoms with Gasteiger partial charge in [-0.15, -0.1) is 16.6 Å². The zero-order valence-electron chi connectivity index (χ0n) is 14.7. The Morgan fingerprint density at radius 3 is 2.39 bits per heavy atom. The minimum atomic E-state index is 0.122. The summed E-state index contributed by atoms with van der Waals surface area (Å²) in [6.07, 6.45) is 7.27. The van der Waals surface area contributed by atoms with Crippen molar-refractivity contribution in [3.8, 4) is 12.3 Å². The predicted molar refractivity (Wildman–Crippen MR) is 94.2 cm³/mol. The topological polar surface area (TPSA) is 49.3 Å². The van der Waals surface area contributed by atoms with Crippen LogP contribution in [0.3, 0.4) is 0 Å². The van der Waals surface area contributed by atoms with Crippen molar-refractivity contribution in [1.29, 1.82) is 0 Å². The summed E-state index contributed by atoms with van der Waals surface area (Å²) >= 11 is 0. The number of nitrogens with zero attached hydrogens (tertiary/aromatic N) is 4. The Morgan fingerprint density at radius 1 is 1.26 bits per heavy atom. The van der Waals surface area contributed by atoms with E-state index in [1.54, 1.807) is 6.07 Å². The van der Waals surface area contributed by atoms with Crippen molar-refractivity contribution >= 4 is 11.7 Å². The first kappa shape index (κ1) is 19.0. The van der Waals surface area contributed by atoms with Crippen LogP contribution < -0.4 is 4.90 Å². The number of carbonyl (C=O) groups is 1. The maximum Gasteiger partial charge on any atom is 0.225 e. The highest BCUT2D eigenvalue weighted by Crippen LogP contribution is 2.15. The van der Waals surface area contributed by atoms with Gasteiger partial charge in [-0.3, -0.25) is 4.79 Å². The summed E-state index contributed by atoms with van der Waals surface area (Å²) < 4.78 is 0. The molecule has 126 valence electrons. The standard InChI is InChI=1S/C16H22N4O.C2H6/c1-4-6-13(3)16(21)20-11-9-19(10-12-20)15-8-7-14(5-2)17-18-15;1-2/h2,7-8,13H,4,6,9-12H2,1,3H3;1-2H3. The molecule has 1 saturated heterocycles. The molecule has 1 amide bonds. The number of hydrogen-bond acceptors (Lipinski definition) is 4. The van der Waals surface area contributed by atoms with Crippen molar-refractivity contribution in [2.75, 3.05) is 31.1 Å². The molecule has 0 aromatic carbocycles. The molecule has 1 aliphatic rings. The first-order chi connectivity index (χ1) is 11.2. The molecular formula is C18H28N4O. The van der Waals surface area contributed by atoms with Crippen LogP contribution in [0.4, 0.5) is 5.82 Å². The van der Waals surface area contributed by atoms with Crippen molar-refractivity contribution in [3.63, 3.8) is 0 Å². The summed E-state index contributed by atoms with van der Waals surface area (Å²) in [6.45, 7) is 11.2. The number of terminal acetylenes is 1. The number of anilines is 1. The molecule has 0 aliphatic carbocycles. The number of rotatable bonds is 4. The van der Waals surface area contributed by atoms with E-state index >= 15 is 0 Å². The van der Waals surface area contributed by atoms with Crippen LogP contribution in [0.2, 0.25) is 0 Å². The summed E-state index contributed by atoms with van der Waals surface area (Å²) in [4.78, 5) is 16.4. The number of amides is 1. The van der Waals surface area contributed by atoms with Gasteiger partial charge in [0.1, 0.15) is 5.69 Å². The lowest BCUT2D eigenvalue weighted by atomic mass is 10.0. The highest BCUT2D eigenvalue weighted by Gasteiger charge is 2.24. The molecule has 2 rings (SSSR count). The van der Waals surface area contributed by atoms with Gasteiger partial charge in [-0.05, 0) is 24.5 Å². The molecule has 0 N–H and O–H groups in total. The van der Waals surface area contributed by atoms with Gasteiger partial charge in [-0.1, -0.05) is 34.1 Å². The molecule has 1 atom stereocenters. The highest BCUT2D eigenvalue weighted by molar-refractivity contribution is 5.78. The average Bonchev–Trinajstić information content (AvgIpc) is 2.63. The van der Waals surface area contributed by atoms with Crippen LogP contribution in [0.5, 0.6) is 0 Å². The minimum Gasteiger partial charge on any atom is -0.352 e. The van der Waals surface area contributed by atoms with Crippen molar-refractivity contribution in [2.45, 2.75) is 40.5 Å². The van der Waals surface area contributed by atoms with E-state index < -0.39 is 0 Å². The zero-order chi connectivity index (χ0) is 17.2. The lowest BCUT2D eigenvalue weighted by Crippen LogP contribution is -2.50. The average molecular weight is 316 g/mol. The predicted octanol–water partition coefficient (Wildman–Crippen LogP) is 2.57. The molecule has 1 fully saturated rings. The Bertz CT molecular complexity index is 513. The molecule has 1 aromatic heterocycles. The molecule has 0 saturated carbocycles.